The maximum atomic E-state index is 12.0. The molecule has 0 fully saturated rings. The maximum Gasteiger partial charge on any atom is 0.179 e. The summed E-state index contributed by atoms with van der Waals surface area (Å²) in [5.41, 5.74) is 10.9. The van der Waals surface area contributed by atoms with E-state index in [2.05, 4.69) is 6.07 Å². The Bertz CT molecular complexity index is 379. The standard InChI is InChI=1S/C13H19NO/c1-7-6-8(2)10(4)12(9(7)3)13(15)11(5)14/h6,11H,14H2,1-5H3. The molecule has 0 aromatic heterocycles. The SMILES string of the molecule is Cc1cc(C)c(C)c(C(=O)C(C)N)c1C. The molecule has 0 radical (unpaired) electrons. The van der Waals surface area contributed by atoms with Crippen molar-refractivity contribution in [2.24, 2.45) is 5.73 Å². The Morgan fingerprint density at radius 2 is 1.53 bits per heavy atom. The molecule has 0 aliphatic carbocycles. The highest BCUT2D eigenvalue weighted by atomic mass is 16.1. The van der Waals surface area contributed by atoms with Crippen LogP contribution in [0.3, 0.4) is 0 Å². The number of benzene rings is 1. The first kappa shape index (κ1) is 11.9. The van der Waals surface area contributed by atoms with Crippen LogP contribution in [0.4, 0.5) is 0 Å². The molecule has 0 spiro atoms. The molecule has 1 aromatic rings. The van der Waals surface area contributed by atoms with E-state index in [1.165, 1.54) is 0 Å². The smallest absolute Gasteiger partial charge is 0.179 e. The fourth-order valence-electron chi connectivity index (χ4n) is 1.81. The Kier molecular flexibility index (Phi) is 3.30. The lowest BCUT2D eigenvalue weighted by Crippen LogP contribution is -2.28. The van der Waals surface area contributed by atoms with Gasteiger partial charge in [-0.25, -0.2) is 0 Å². The van der Waals surface area contributed by atoms with Crippen molar-refractivity contribution < 1.29 is 4.79 Å². The van der Waals surface area contributed by atoms with E-state index in [1.807, 2.05) is 27.7 Å². The molecular formula is C13H19NO. The highest BCUT2D eigenvalue weighted by molar-refractivity contribution is 6.02. The number of hydrogen-bond donors (Lipinski definition) is 1. The Balaban J connectivity index is 3.46. The second-order valence-corrected chi connectivity index (χ2v) is 4.29. The Labute approximate surface area is 91.5 Å². The summed E-state index contributed by atoms with van der Waals surface area (Å²) >= 11 is 0. The van der Waals surface area contributed by atoms with Gasteiger partial charge in [0.05, 0.1) is 6.04 Å². The third-order valence-corrected chi connectivity index (χ3v) is 3.03. The second-order valence-electron chi connectivity index (χ2n) is 4.29. The van der Waals surface area contributed by atoms with Crippen molar-refractivity contribution in [2.45, 2.75) is 40.7 Å². The number of aryl methyl sites for hydroxylation is 2. The van der Waals surface area contributed by atoms with Gasteiger partial charge in [-0.1, -0.05) is 6.07 Å². The van der Waals surface area contributed by atoms with E-state index in [0.29, 0.717) is 0 Å². The van der Waals surface area contributed by atoms with Crippen molar-refractivity contribution in [1.29, 1.82) is 0 Å². The molecule has 1 unspecified atom stereocenters. The van der Waals surface area contributed by atoms with E-state index >= 15 is 0 Å². The zero-order chi connectivity index (χ0) is 11.7. The van der Waals surface area contributed by atoms with E-state index in [9.17, 15) is 4.79 Å². The van der Waals surface area contributed by atoms with Gasteiger partial charge in [0, 0.05) is 5.56 Å². The molecule has 2 heteroatoms. The average Bonchev–Trinajstić information content (AvgIpc) is 2.15. The molecule has 2 N–H and O–H groups in total. The van der Waals surface area contributed by atoms with Crippen molar-refractivity contribution >= 4 is 5.78 Å². The molecule has 1 atom stereocenters. The Morgan fingerprint density at radius 3 is 1.87 bits per heavy atom. The lowest BCUT2D eigenvalue weighted by atomic mass is 9.90. The van der Waals surface area contributed by atoms with E-state index in [4.69, 9.17) is 5.73 Å². The number of ketones is 1. The Hall–Kier alpha value is -1.15. The number of carbonyl (C=O) groups is 1. The lowest BCUT2D eigenvalue weighted by molar-refractivity contribution is 0.0966. The zero-order valence-corrected chi connectivity index (χ0v) is 10.1. The molecule has 15 heavy (non-hydrogen) atoms. The molecule has 0 aliphatic rings. The van der Waals surface area contributed by atoms with Crippen LogP contribution in [-0.2, 0) is 0 Å². The predicted molar refractivity (Wildman–Crippen MR) is 63.4 cm³/mol. The number of rotatable bonds is 2. The molecule has 0 bridgehead atoms. The van der Waals surface area contributed by atoms with E-state index in [1.54, 1.807) is 6.92 Å². The molecule has 0 aliphatic heterocycles. The highest BCUT2D eigenvalue weighted by Gasteiger charge is 2.18. The first-order chi connectivity index (χ1) is 6.86. The average molecular weight is 205 g/mol. The van der Waals surface area contributed by atoms with Gasteiger partial charge in [-0.05, 0) is 56.9 Å². The van der Waals surface area contributed by atoms with Crippen LogP contribution in [0.5, 0.6) is 0 Å². The van der Waals surface area contributed by atoms with Gasteiger partial charge in [0.15, 0.2) is 5.78 Å². The number of Topliss-reactive ketones (excluding diaryl/α,β-unsaturated/α-hetero) is 1. The summed E-state index contributed by atoms with van der Waals surface area (Å²) in [4.78, 5) is 12.0. The van der Waals surface area contributed by atoms with Crippen molar-refractivity contribution in [3.8, 4) is 0 Å². The van der Waals surface area contributed by atoms with E-state index in [0.717, 1.165) is 27.8 Å². The molecule has 0 heterocycles. The van der Waals surface area contributed by atoms with Crippen molar-refractivity contribution in [2.75, 3.05) is 0 Å². The van der Waals surface area contributed by atoms with Crippen LogP contribution >= 0.6 is 0 Å². The molecule has 0 saturated heterocycles. The molecule has 82 valence electrons. The quantitative estimate of drug-likeness (QED) is 0.754. The van der Waals surface area contributed by atoms with Crippen molar-refractivity contribution in [3.63, 3.8) is 0 Å². The summed E-state index contributed by atoms with van der Waals surface area (Å²) in [6.45, 7) is 9.76. The van der Waals surface area contributed by atoms with Gasteiger partial charge >= 0.3 is 0 Å². The van der Waals surface area contributed by atoms with Crippen LogP contribution < -0.4 is 5.73 Å². The maximum absolute atomic E-state index is 12.0. The fraction of sp³-hybridized carbons (Fsp3) is 0.462. The molecular weight excluding hydrogens is 186 g/mol. The van der Waals surface area contributed by atoms with Crippen LogP contribution in [0.2, 0.25) is 0 Å². The van der Waals surface area contributed by atoms with Crippen LogP contribution in [0, 0.1) is 27.7 Å². The van der Waals surface area contributed by atoms with Crippen LogP contribution in [0.15, 0.2) is 6.07 Å². The molecule has 1 aromatic carbocycles. The zero-order valence-electron chi connectivity index (χ0n) is 10.1. The van der Waals surface area contributed by atoms with E-state index in [-0.39, 0.29) is 5.78 Å². The predicted octanol–water partition coefficient (Wildman–Crippen LogP) is 2.45. The molecule has 0 saturated carbocycles. The lowest BCUT2D eigenvalue weighted by Gasteiger charge is -2.15. The van der Waals surface area contributed by atoms with Gasteiger partial charge in [-0.15, -0.1) is 0 Å². The normalized spacial score (nSPS) is 12.7. The van der Waals surface area contributed by atoms with Crippen molar-refractivity contribution in [1.82, 2.24) is 0 Å². The number of hydrogen-bond acceptors (Lipinski definition) is 2. The minimum absolute atomic E-state index is 0.0387. The van der Waals surface area contributed by atoms with Crippen LogP contribution in [0.1, 0.15) is 39.5 Å². The van der Waals surface area contributed by atoms with Crippen LogP contribution in [0.25, 0.3) is 0 Å². The molecule has 0 amide bonds. The van der Waals surface area contributed by atoms with Gasteiger partial charge < -0.3 is 5.73 Å². The van der Waals surface area contributed by atoms with Crippen molar-refractivity contribution in [3.05, 3.63) is 33.9 Å². The third kappa shape index (κ3) is 2.10. The van der Waals surface area contributed by atoms with Gasteiger partial charge in [0.1, 0.15) is 0 Å². The summed E-state index contributed by atoms with van der Waals surface area (Å²) in [5.74, 6) is 0.0387. The molecule has 2 nitrogen and oxygen atoms in total. The fourth-order valence-corrected chi connectivity index (χ4v) is 1.81. The first-order valence-corrected chi connectivity index (χ1v) is 5.23. The summed E-state index contributed by atoms with van der Waals surface area (Å²) in [5, 5.41) is 0. The number of nitrogens with two attached hydrogens (primary N) is 1. The monoisotopic (exact) mass is 205 g/mol. The third-order valence-electron chi connectivity index (χ3n) is 3.03. The van der Waals surface area contributed by atoms with Gasteiger partial charge in [0.2, 0.25) is 0 Å². The Morgan fingerprint density at radius 1 is 1.13 bits per heavy atom. The topological polar surface area (TPSA) is 43.1 Å². The van der Waals surface area contributed by atoms with Crippen LogP contribution in [-0.4, -0.2) is 11.8 Å². The minimum Gasteiger partial charge on any atom is -0.321 e. The largest absolute Gasteiger partial charge is 0.321 e. The highest BCUT2D eigenvalue weighted by Crippen LogP contribution is 2.22. The van der Waals surface area contributed by atoms with Gasteiger partial charge in [0.25, 0.3) is 0 Å². The van der Waals surface area contributed by atoms with Gasteiger partial charge in [-0.2, -0.15) is 0 Å². The summed E-state index contributed by atoms with van der Waals surface area (Å²) in [7, 11) is 0. The summed E-state index contributed by atoms with van der Waals surface area (Å²) in [6.07, 6.45) is 0. The number of carbonyl (C=O) groups excluding carboxylic acids is 1. The second kappa shape index (κ2) is 4.15. The minimum atomic E-state index is -0.427. The molecule has 1 rings (SSSR count). The van der Waals surface area contributed by atoms with Gasteiger partial charge in [-0.3, -0.25) is 4.79 Å². The summed E-state index contributed by atoms with van der Waals surface area (Å²) < 4.78 is 0. The first-order valence-electron chi connectivity index (χ1n) is 5.23. The van der Waals surface area contributed by atoms with E-state index < -0.39 is 6.04 Å². The summed E-state index contributed by atoms with van der Waals surface area (Å²) in [6, 6.07) is 1.69.